The third kappa shape index (κ3) is 3.38. The molecule has 0 saturated carbocycles. The Kier molecular flexibility index (Phi) is 4.45. The van der Waals surface area contributed by atoms with Crippen molar-refractivity contribution in [1.29, 1.82) is 0 Å². The molecule has 20 heavy (non-hydrogen) atoms. The lowest BCUT2D eigenvalue weighted by atomic mass is 9.89. The van der Waals surface area contributed by atoms with Gasteiger partial charge >= 0.3 is 0 Å². The largest absolute Gasteiger partial charge is 0.494 e. The Morgan fingerprint density at radius 1 is 1.25 bits per heavy atom. The van der Waals surface area contributed by atoms with Crippen LogP contribution in [0.15, 0.2) is 46.9 Å². The fourth-order valence-electron chi connectivity index (χ4n) is 2.14. The highest BCUT2D eigenvalue weighted by Crippen LogP contribution is 2.28. The Balaban J connectivity index is 2.26. The molecule has 0 aromatic heterocycles. The van der Waals surface area contributed by atoms with Crippen LogP contribution in [0.3, 0.4) is 0 Å². The zero-order chi connectivity index (χ0) is 14.8. The molecular formula is C16H16BrFO2. The fraction of sp³-hybridized carbons (Fsp3) is 0.250. The van der Waals surface area contributed by atoms with Crippen molar-refractivity contribution in [2.45, 2.75) is 18.9 Å². The molecule has 2 rings (SSSR count). The monoisotopic (exact) mass is 338 g/mol. The molecule has 4 heteroatoms. The molecule has 0 bridgehead atoms. The van der Waals surface area contributed by atoms with E-state index in [4.69, 9.17) is 4.74 Å². The maximum atomic E-state index is 13.7. The van der Waals surface area contributed by atoms with Crippen molar-refractivity contribution in [3.8, 4) is 5.75 Å². The summed E-state index contributed by atoms with van der Waals surface area (Å²) in [4.78, 5) is 0. The summed E-state index contributed by atoms with van der Waals surface area (Å²) in [6.07, 6.45) is 0.324. The van der Waals surface area contributed by atoms with E-state index in [-0.39, 0.29) is 5.75 Å². The van der Waals surface area contributed by atoms with Crippen LogP contribution in [0.5, 0.6) is 5.75 Å². The first-order chi connectivity index (χ1) is 9.42. The summed E-state index contributed by atoms with van der Waals surface area (Å²) in [5.74, 6) is -0.217. The van der Waals surface area contributed by atoms with E-state index in [2.05, 4.69) is 15.9 Å². The van der Waals surface area contributed by atoms with E-state index in [1.165, 1.54) is 13.2 Å². The zero-order valence-corrected chi connectivity index (χ0v) is 12.9. The van der Waals surface area contributed by atoms with Crippen molar-refractivity contribution in [2.24, 2.45) is 0 Å². The smallest absolute Gasteiger partial charge is 0.165 e. The predicted octanol–water partition coefficient (Wildman–Crippen LogP) is 4.05. The molecular weight excluding hydrogens is 323 g/mol. The molecule has 2 aromatic rings. The van der Waals surface area contributed by atoms with Crippen LogP contribution in [0.2, 0.25) is 0 Å². The molecule has 0 spiro atoms. The molecule has 106 valence electrons. The van der Waals surface area contributed by atoms with Crippen LogP contribution >= 0.6 is 15.9 Å². The van der Waals surface area contributed by atoms with Crippen LogP contribution in [-0.4, -0.2) is 12.2 Å². The van der Waals surface area contributed by atoms with E-state index < -0.39 is 11.4 Å². The molecule has 2 aromatic carbocycles. The van der Waals surface area contributed by atoms with Gasteiger partial charge in [0, 0.05) is 10.9 Å². The second-order valence-corrected chi connectivity index (χ2v) is 5.85. The average molecular weight is 339 g/mol. The minimum atomic E-state index is -1.06. The molecule has 0 aliphatic rings. The molecule has 0 fully saturated rings. The van der Waals surface area contributed by atoms with E-state index in [1.807, 2.05) is 24.3 Å². The van der Waals surface area contributed by atoms with Gasteiger partial charge in [-0.2, -0.15) is 0 Å². The summed E-state index contributed by atoms with van der Waals surface area (Å²) >= 11 is 3.38. The van der Waals surface area contributed by atoms with Gasteiger partial charge in [-0.3, -0.25) is 0 Å². The van der Waals surface area contributed by atoms with Crippen molar-refractivity contribution >= 4 is 15.9 Å². The number of halogens is 2. The number of rotatable bonds is 4. The predicted molar refractivity (Wildman–Crippen MR) is 80.4 cm³/mol. The molecule has 0 saturated heterocycles. The van der Waals surface area contributed by atoms with E-state index >= 15 is 0 Å². The molecule has 0 heterocycles. The van der Waals surface area contributed by atoms with Gasteiger partial charge in [-0.05, 0) is 42.3 Å². The Bertz CT molecular complexity index is 611. The van der Waals surface area contributed by atoms with Crippen LogP contribution in [-0.2, 0) is 12.0 Å². The topological polar surface area (TPSA) is 29.5 Å². The van der Waals surface area contributed by atoms with Crippen LogP contribution in [0.4, 0.5) is 4.39 Å². The van der Waals surface area contributed by atoms with E-state index in [9.17, 15) is 9.50 Å². The fourth-order valence-corrected chi connectivity index (χ4v) is 2.54. The summed E-state index contributed by atoms with van der Waals surface area (Å²) < 4.78 is 19.5. The van der Waals surface area contributed by atoms with Gasteiger partial charge in [-0.25, -0.2) is 4.39 Å². The van der Waals surface area contributed by atoms with Gasteiger partial charge in [0.15, 0.2) is 11.6 Å². The quantitative estimate of drug-likeness (QED) is 0.911. The number of benzene rings is 2. The van der Waals surface area contributed by atoms with E-state index in [0.717, 1.165) is 10.0 Å². The Labute approximate surface area is 126 Å². The van der Waals surface area contributed by atoms with Gasteiger partial charge < -0.3 is 9.84 Å². The third-order valence-electron chi connectivity index (χ3n) is 3.21. The van der Waals surface area contributed by atoms with Crippen LogP contribution in [0.1, 0.15) is 18.1 Å². The van der Waals surface area contributed by atoms with Gasteiger partial charge in [0.25, 0.3) is 0 Å². The molecule has 1 N–H and O–H groups in total. The van der Waals surface area contributed by atoms with Crippen LogP contribution in [0, 0.1) is 5.82 Å². The first-order valence-corrected chi connectivity index (χ1v) is 7.02. The molecule has 1 atom stereocenters. The van der Waals surface area contributed by atoms with Gasteiger partial charge in [0.1, 0.15) is 0 Å². The van der Waals surface area contributed by atoms with E-state index in [0.29, 0.717) is 12.0 Å². The van der Waals surface area contributed by atoms with Crippen molar-refractivity contribution in [2.75, 3.05) is 7.11 Å². The summed E-state index contributed by atoms with van der Waals surface area (Å²) in [6.45, 7) is 1.72. The Morgan fingerprint density at radius 2 is 2.00 bits per heavy atom. The van der Waals surface area contributed by atoms with Gasteiger partial charge in [0.2, 0.25) is 0 Å². The second kappa shape index (κ2) is 5.94. The Hall–Kier alpha value is -1.39. The summed E-state index contributed by atoms with van der Waals surface area (Å²) in [5, 5.41) is 10.6. The summed E-state index contributed by atoms with van der Waals surface area (Å²) in [5.41, 5.74) is 0.432. The second-order valence-electron chi connectivity index (χ2n) is 4.93. The maximum absolute atomic E-state index is 13.7. The highest BCUT2D eigenvalue weighted by Gasteiger charge is 2.24. The van der Waals surface area contributed by atoms with Crippen molar-refractivity contribution < 1.29 is 14.2 Å². The van der Waals surface area contributed by atoms with Crippen LogP contribution < -0.4 is 4.74 Å². The lowest BCUT2D eigenvalue weighted by Gasteiger charge is -2.24. The first kappa shape index (κ1) is 15.0. The Morgan fingerprint density at radius 3 is 2.60 bits per heavy atom. The number of aliphatic hydroxyl groups is 1. The molecule has 0 aliphatic heterocycles. The lowest BCUT2D eigenvalue weighted by Crippen LogP contribution is -2.24. The standard InChI is InChI=1S/C16H16BrFO2/c1-16(19,12-4-3-5-13(17)9-12)10-11-6-7-15(20-2)14(18)8-11/h3-9,19H,10H2,1-2H3. The number of ether oxygens (including phenoxy) is 1. The summed E-state index contributed by atoms with van der Waals surface area (Å²) in [7, 11) is 1.43. The maximum Gasteiger partial charge on any atom is 0.165 e. The normalized spacial score (nSPS) is 13.8. The molecule has 2 nitrogen and oxygen atoms in total. The van der Waals surface area contributed by atoms with E-state index in [1.54, 1.807) is 19.1 Å². The SMILES string of the molecule is COc1ccc(CC(C)(O)c2cccc(Br)c2)cc1F. The third-order valence-corrected chi connectivity index (χ3v) is 3.70. The average Bonchev–Trinajstić information content (AvgIpc) is 2.38. The van der Waals surface area contributed by atoms with Gasteiger partial charge in [-0.1, -0.05) is 34.1 Å². The molecule has 0 aliphatic carbocycles. The van der Waals surface area contributed by atoms with Crippen molar-refractivity contribution in [1.82, 2.24) is 0 Å². The number of hydrogen-bond donors (Lipinski definition) is 1. The van der Waals surface area contributed by atoms with Crippen molar-refractivity contribution in [3.05, 3.63) is 63.9 Å². The molecule has 1 unspecified atom stereocenters. The number of methoxy groups -OCH3 is 1. The molecule has 0 radical (unpaired) electrons. The lowest BCUT2D eigenvalue weighted by molar-refractivity contribution is 0.0575. The summed E-state index contributed by atoms with van der Waals surface area (Å²) in [6, 6.07) is 12.2. The minimum absolute atomic E-state index is 0.204. The minimum Gasteiger partial charge on any atom is -0.494 e. The highest BCUT2D eigenvalue weighted by molar-refractivity contribution is 9.10. The van der Waals surface area contributed by atoms with Gasteiger partial charge in [0.05, 0.1) is 12.7 Å². The van der Waals surface area contributed by atoms with Gasteiger partial charge in [-0.15, -0.1) is 0 Å². The highest BCUT2D eigenvalue weighted by atomic mass is 79.9. The zero-order valence-electron chi connectivity index (χ0n) is 11.4. The van der Waals surface area contributed by atoms with Crippen molar-refractivity contribution in [3.63, 3.8) is 0 Å². The van der Waals surface area contributed by atoms with Crippen LogP contribution in [0.25, 0.3) is 0 Å². The number of hydrogen-bond acceptors (Lipinski definition) is 2. The molecule has 0 amide bonds. The first-order valence-electron chi connectivity index (χ1n) is 6.23.